The van der Waals surface area contributed by atoms with Crippen LogP contribution in [-0.4, -0.2) is 16.1 Å². The van der Waals surface area contributed by atoms with Gasteiger partial charge in [-0.2, -0.15) is 0 Å². The van der Waals surface area contributed by atoms with Gasteiger partial charge >= 0.3 is 5.97 Å². The van der Waals surface area contributed by atoms with Gasteiger partial charge in [0, 0.05) is 14.3 Å². The molecule has 0 aliphatic carbocycles. The predicted octanol–water partition coefficient (Wildman–Crippen LogP) is 4.42. The second-order valence-electron chi connectivity index (χ2n) is 3.57. The number of rotatable bonds is 3. The van der Waals surface area contributed by atoms with Crippen LogP contribution in [0.2, 0.25) is 0 Å². The lowest BCUT2D eigenvalue weighted by Gasteiger charge is -2.09. The molecule has 0 fully saturated rings. The molecule has 0 bridgehead atoms. The second-order valence-corrected chi connectivity index (χ2v) is 6.14. The van der Waals surface area contributed by atoms with Crippen LogP contribution in [0, 0.1) is 6.92 Å². The van der Waals surface area contributed by atoms with E-state index < -0.39 is 5.97 Å². The van der Waals surface area contributed by atoms with Crippen molar-refractivity contribution in [3.05, 3.63) is 37.7 Å². The van der Waals surface area contributed by atoms with E-state index in [1.54, 1.807) is 0 Å². The minimum atomic E-state index is -1.03. The molecule has 2 rings (SSSR count). The Balaban J connectivity index is 2.31. The summed E-state index contributed by atoms with van der Waals surface area (Å²) in [5.41, 5.74) is 1.98. The lowest BCUT2D eigenvalue weighted by Crippen LogP contribution is -1.98. The van der Waals surface area contributed by atoms with Gasteiger partial charge in [-0.3, -0.25) is 0 Å². The van der Waals surface area contributed by atoms with Crippen LogP contribution < -0.4 is 5.32 Å². The number of aromatic nitrogens is 1. The zero-order valence-electron chi connectivity index (χ0n) is 9.20. The van der Waals surface area contributed by atoms with Crippen molar-refractivity contribution >= 4 is 60.0 Å². The number of anilines is 2. The van der Waals surface area contributed by atoms with Crippen molar-refractivity contribution < 1.29 is 9.90 Å². The standard InChI is InChI=1S/C11H8Br2N2O2S/c1-5-2-6(12)9(7(13)3-5)15-11-14-8(4-18-11)10(16)17/h2-4H,1H3,(H,14,15)(H,16,17). The molecule has 0 aliphatic heterocycles. The topological polar surface area (TPSA) is 62.2 Å². The summed E-state index contributed by atoms with van der Waals surface area (Å²) in [7, 11) is 0. The molecule has 1 aromatic heterocycles. The van der Waals surface area contributed by atoms with Crippen molar-refractivity contribution in [3.63, 3.8) is 0 Å². The Morgan fingerprint density at radius 2 is 2.00 bits per heavy atom. The Kier molecular flexibility index (Phi) is 4.04. The highest BCUT2D eigenvalue weighted by molar-refractivity contribution is 9.11. The molecule has 18 heavy (non-hydrogen) atoms. The first-order chi connectivity index (χ1) is 8.47. The van der Waals surface area contributed by atoms with E-state index in [9.17, 15) is 4.79 Å². The molecular formula is C11H8Br2N2O2S. The molecule has 0 saturated carbocycles. The summed E-state index contributed by atoms with van der Waals surface area (Å²) in [6.07, 6.45) is 0. The van der Waals surface area contributed by atoms with Gasteiger partial charge in [-0.05, 0) is 56.5 Å². The maximum atomic E-state index is 10.7. The lowest BCUT2D eigenvalue weighted by atomic mass is 10.2. The SMILES string of the molecule is Cc1cc(Br)c(Nc2nc(C(=O)O)cs2)c(Br)c1. The van der Waals surface area contributed by atoms with E-state index >= 15 is 0 Å². The highest BCUT2D eigenvalue weighted by Crippen LogP contribution is 2.35. The first-order valence-electron chi connectivity index (χ1n) is 4.89. The Hall–Kier alpha value is -0.920. The zero-order valence-corrected chi connectivity index (χ0v) is 13.2. The van der Waals surface area contributed by atoms with Gasteiger partial charge in [-0.1, -0.05) is 0 Å². The quantitative estimate of drug-likeness (QED) is 0.812. The number of benzene rings is 1. The Morgan fingerprint density at radius 3 is 2.50 bits per heavy atom. The molecule has 7 heteroatoms. The zero-order chi connectivity index (χ0) is 13.3. The molecule has 0 unspecified atom stereocenters. The van der Waals surface area contributed by atoms with E-state index in [1.807, 2.05) is 19.1 Å². The Bertz CT molecular complexity index is 590. The van der Waals surface area contributed by atoms with Crippen LogP contribution in [0.15, 0.2) is 26.5 Å². The summed E-state index contributed by atoms with van der Waals surface area (Å²) in [5.74, 6) is -1.03. The number of hydrogen-bond donors (Lipinski definition) is 2. The normalized spacial score (nSPS) is 10.4. The van der Waals surface area contributed by atoms with Gasteiger partial charge in [0.1, 0.15) is 0 Å². The fourth-order valence-corrected chi connectivity index (χ4v) is 3.66. The molecule has 4 nitrogen and oxygen atoms in total. The third kappa shape index (κ3) is 2.90. The monoisotopic (exact) mass is 390 g/mol. The van der Waals surface area contributed by atoms with Crippen molar-refractivity contribution in [1.29, 1.82) is 0 Å². The number of halogens is 2. The average Bonchev–Trinajstić information content (AvgIpc) is 2.71. The molecule has 0 saturated heterocycles. The van der Waals surface area contributed by atoms with Gasteiger partial charge < -0.3 is 10.4 Å². The summed E-state index contributed by atoms with van der Waals surface area (Å²) in [6, 6.07) is 3.94. The third-order valence-corrected chi connectivity index (χ3v) is 4.15. The van der Waals surface area contributed by atoms with E-state index in [4.69, 9.17) is 5.11 Å². The molecule has 0 radical (unpaired) electrons. The number of aromatic carboxylic acids is 1. The van der Waals surface area contributed by atoms with Crippen LogP contribution in [-0.2, 0) is 0 Å². The number of carboxylic acid groups (broad SMARTS) is 1. The van der Waals surface area contributed by atoms with Gasteiger partial charge in [-0.25, -0.2) is 9.78 Å². The summed E-state index contributed by atoms with van der Waals surface area (Å²) in [6.45, 7) is 1.99. The molecule has 1 aromatic carbocycles. The number of carboxylic acids is 1. The van der Waals surface area contributed by atoms with Gasteiger partial charge in [0.05, 0.1) is 5.69 Å². The second kappa shape index (κ2) is 5.38. The fraction of sp³-hybridized carbons (Fsp3) is 0.0909. The highest BCUT2D eigenvalue weighted by atomic mass is 79.9. The number of nitrogens with one attached hydrogen (secondary N) is 1. The smallest absolute Gasteiger partial charge is 0.355 e. The van der Waals surface area contributed by atoms with E-state index in [0.717, 1.165) is 20.2 Å². The van der Waals surface area contributed by atoms with Crippen LogP contribution in [0.4, 0.5) is 10.8 Å². The van der Waals surface area contributed by atoms with E-state index in [2.05, 4.69) is 42.2 Å². The molecule has 0 atom stereocenters. The van der Waals surface area contributed by atoms with E-state index in [1.165, 1.54) is 16.7 Å². The Labute approximate surface area is 124 Å². The molecule has 0 amide bonds. The van der Waals surface area contributed by atoms with Crippen molar-refractivity contribution in [3.8, 4) is 0 Å². The molecule has 2 aromatic rings. The molecule has 1 heterocycles. The maximum absolute atomic E-state index is 10.7. The van der Waals surface area contributed by atoms with Crippen molar-refractivity contribution in [2.75, 3.05) is 5.32 Å². The van der Waals surface area contributed by atoms with Gasteiger partial charge in [0.15, 0.2) is 10.8 Å². The van der Waals surface area contributed by atoms with E-state index in [0.29, 0.717) is 5.13 Å². The number of thiazole rings is 1. The van der Waals surface area contributed by atoms with Crippen LogP contribution in [0.25, 0.3) is 0 Å². The van der Waals surface area contributed by atoms with Gasteiger partial charge in [0.25, 0.3) is 0 Å². The number of aryl methyl sites for hydroxylation is 1. The predicted molar refractivity (Wildman–Crippen MR) is 78.9 cm³/mol. The summed E-state index contributed by atoms with van der Waals surface area (Å²) < 4.78 is 1.78. The Morgan fingerprint density at radius 1 is 1.39 bits per heavy atom. The summed E-state index contributed by atoms with van der Waals surface area (Å²) >= 11 is 8.17. The first kappa shape index (κ1) is 13.5. The van der Waals surface area contributed by atoms with Crippen LogP contribution in [0.1, 0.15) is 16.1 Å². The number of nitrogens with zero attached hydrogens (tertiary/aromatic N) is 1. The minimum Gasteiger partial charge on any atom is -0.476 e. The molecule has 0 spiro atoms. The van der Waals surface area contributed by atoms with Gasteiger partial charge in [-0.15, -0.1) is 11.3 Å². The summed E-state index contributed by atoms with van der Waals surface area (Å²) in [4.78, 5) is 14.7. The van der Waals surface area contributed by atoms with Crippen molar-refractivity contribution in [2.45, 2.75) is 6.92 Å². The summed E-state index contributed by atoms with van der Waals surface area (Å²) in [5, 5.41) is 13.9. The highest BCUT2D eigenvalue weighted by Gasteiger charge is 2.11. The van der Waals surface area contributed by atoms with Crippen molar-refractivity contribution in [2.24, 2.45) is 0 Å². The van der Waals surface area contributed by atoms with E-state index in [-0.39, 0.29) is 5.69 Å². The molecule has 94 valence electrons. The molecular weight excluding hydrogens is 384 g/mol. The van der Waals surface area contributed by atoms with Crippen LogP contribution in [0.5, 0.6) is 0 Å². The van der Waals surface area contributed by atoms with Crippen molar-refractivity contribution in [1.82, 2.24) is 4.98 Å². The first-order valence-corrected chi connectivity index (χ1v) is 7.35. The fourth-order valence-electron chi connectivity index (χ4n) is 1.36. The number of carbonyl (C=O) groups is 1. The van der Waals surface area contributed by atoms with Crippen LogP contribution >= 0.6 is 43.2 Å². The number of hydrogen-bond acceptors (Lipinski definition) is 4. The average molecular weight is 392 g/mol. The third-order valence-electron chi connectivity index (χ3n) is 2.14. The molecule has 0 aliphatic rings. The minimum absolute atomic E-state index is 0.0434. The molecule has 2 N–H and O–H groups in total. The maximum Gasteiger partial charge on any atom is 0.355 e. The van der Waals surface area contributed by atoms with Crippen LogP contribution in [0.3, 0.4) is 0 Å². The van der Waals surface area contributed by atoms with Gasteiger partial charge in [0.2, 0.25) is 0 Å². The lowest BCUT2D eigenvalue weighted by molar-refractivity contribution is 0.0691. The largest absolute Gasteiger partial charge is 0.476 e.